The van der Waals surface area contributed by atoms with Crippen molar-refractivity contribution in [2.24, 2.45) is 11.5 Å². The molecule has 0 aliphatic carbocycles. The molecular formula is C8H11IN2. The van der Waals surface area contributed by atoms with E-state index in [0.29, 0.717) is 13.1 Å². The lowest BCUT2D eigenvalue weighted by atomic mass is 10.1. The molecule has 3 heteroatoms. The van der Waals surface area contributed by atoms with Crippen molar-refractivity contribution in [2.75, 3.05) is 0 Å². The minimum absolute atomic E-state index is 0.598. The summed E-state index contributed by atoms with van der Waals surface area (Å²) in [5.74, 6) is 0. The van der Waals surface area contributed by atoms with Crippen LogP contribution in [0.3, 0.4) is 0 Å². The largest absolute Gasteiger partial charge is 0.326 e. The SMILES string of the molecule is NCc1ccc(CN)c([125I])c1. The summed E-state index contributed by atoms with van der Waals surface area (Å²) in [7, 11) is 0. The molecule has 0 fully saturated rings. The summed E-state index contributed by atoms with van der Waals surface area (Å²) >= 11 is 2.27. The summed E-state index contributed by atoms with van der Waals surface area (Å²) < 4.78 is 1.20. The van der Waals surface area contributed by atoms with E-state index in [2.05, 4.69) is 28.7 Å². The van der Waals surface area contributed by atoms with E-state index in [1.165, 1.54) is 9.13 Å². The monoisotopic (exact) mass is 260 g/mol. The van der Waals surface area contributed by atoms with Crippen LogP contribution in [0.1, 0.15) is 11.1 Å². The van der Waals surface area contributed by atoms with Crippen LogP contribution in [0.4, 0.5) is 0 Å². The maximum Gasteiger partial charge on any atom is 0.0188 e. The van der Waals surface area contributed by atoms with E-state index in [0.717, 1.165) is 5.56 Å². The molecule has 0 radical (unpaired) electrons. The van der Waals surface area contributed by atoms with Gasteiger partial charge in [0.05, 0.1) is 0 Å². The molecule has 0 aromatic heterocycles. The second-order valence-electron chi connectivity index (χ2n) is 2.33. The third-order valence-corrected chi connectivity index (χ3v) is 2.58. The Labute approximate surface area is 80.1 Å². The molecule has 0 saturated carbocycles. The van der Waals surface area contributed by atoms with Crippen molar-refractivity contribution in [1.82, 2.24) is 0 Å². The van der Waals surface area contributed by atoms with Gasteiger partial charge in [-0.15, -0.1) is 0 Å². The zero-order valence-corrected chi connectivity index (χ0v) is 8.34. The predicted molar refractivity (Wildman–Crippen MR) is 54.9 cm³/mol. The first-order valence-corrected chi connectivity index (χ1v) is 4.53. The Morgan fingerprint density at radius 2 is 1.91 bits per heavy atom. The van der Waals surface area contributed by atoms with Crippen molar-refractivity contribution in [1.29, 1.82) is 0 Å². The highest BCUT2D eigenvalue weighted by Gasteiger charge is 1.97. The molecule has 0 bridgehead atoms. The maximum absolute atomic E-state index is 5.51. The zero-order valence-electron chi connectivity index (χ0n) is 6.18. The van der Waals surface area contributed by atoms with Crippen LogP contribution < -0.4 is 11.5 Å². The Balaban J connectivity index is 2.99. The van der Waals surface area contributed by atoms with E-state index in [4.69, 9.17) is 11.5 Å². The normalized spacial score (nSPS) is 10.1. The number of hydrogen-bond acceptors (Lipinski definition) is 2. The van der Waals surface area contributed by atoms with Gasteiger partial charge in [-0.1, -0.05) is 12.1 Å². The average molecular weight is 260 g/mol. The molecular weight excluding hydrogens is 249 g/mol. The van der Waals surface area contributed by atoms with E-state index in [9.17, 15) is 0 Å². The molecule has 1 aromatic carbocycles. The number of nitrogens with two attached hydrogens (primary N) is 2. The summed E-state index contributed by atoms with van der Waals surface area (Å²) in [4.78, 5) is 0. The summed E-state index contributed by atoms with van der Waals surface area (Å²) in [5, 5.41) is 0. The minimum Gasteiger partial charge on any atom is -0.326 e. The van der Waals surface area contributed by atoms with Crippen molar-refractivity contribution in [3.63, 3.8) is 0 Å². The van der Waals surface area contributed by atoms with Crippen molar-refractivity contribution in [2.45, 2.75) is 13.1 Å². The van der Waals surface area contributed by atoms with Gasteiger partial charge >= 0.3 is 0 Å². The van der Waals surface area contributed by atoms with Crippen molar-refractivity contribution in [3.8, 4) is 0 Å². The molecule has 0 heterocycles. The van der Waals surface area contributed by atoms with Gasteiger partial charge in [0.1, 0.15) is 0 Å². The van der Waals surface area contributed by atoms with Gasteiger partial charge < -0.3 is 11.5 Å². The van der Waals surface area contributed by atoms with Crippen LogP contribution in [0.2, 0.25) is 0 Å². The number of benzene rings is 1. The van der Waals surface area contributed by atoms with E-state index in [-0.39, 0.29) is 0 Å². The Morgan fingerprint density at radius 1 is 1.18 bits per heavy atom. The highest BCUT2D eigenvalue weighted by Crippen LogP contribution is 2.13. The molecule has 2 nitrogen and oxygen atoms in total. The lowest BCUT2D eigenvalue weighted by Crippen LogP contribution is -2.01. The number of rotatable bonds is 2. The molecule has 11 heavy (non-hydrogen) atoms. The van der Waals surface area contributed by atoms with E-state index < -0.39 is 0 Å². The Bertz CT molecular complexity index is 248. The van der Waals surface area contributed by atoms with Crippen molar-refractivity contribution >= 4 is 22.6 Å². The van der Waals surface area contributed by atoms with Gasteiger partial charge in [0, 0.05) is 16.7 Å². The first-order chi connectivity index (χ1) is 5.27. The molecule has 0 aliphatic heterocycles. The van der Waals surface area contributed by atoms with Crippen LogP contribution in [0.25, 0.3) is 0 Å². The molecule has 0 amide bonds. The van der Waals surface area contributed by atoms with Crippen LogP contribution >= 0.6 is 22.6 Å². The third kappa shape index (κ3) is 2.15. The van der Waals surface area contributed by atoms with E-state index in [1.807, 2.05) is 12.1 Å². The standard InChI is InChI=1S/C8H11IN2/c9-8-3-6(4-10)1-2-7(8)5-11/h1-3H,4-5,10-11H2/i9-2. The summed E-state index contributed by atoms with van der Waals surface area (Å²) in [5.41, 5.74) is 13.3. The maximum atomic E-state index is 5.51. The molecule has 1 aromatic rings. The second-order valence-corrected chi connectivity index (χ2v) is 3.50. The number of hydrogen-bond donors (Lipinski definition) is 2. The van der Waals surface area contributed by atoms with Gasteiger partial charge in [0.15, 0.2) is 0 Å². The fourth-order valence-corrected chi connectivity index (χ4v) is 1.68. The first-order valence-electron chi connectivity index (χ1n) is 3.45. The van der Waals surface area contributed by atoms with Gasteiger partial charge in [0.25, 0.3) is 0 Å². The quantitative estimate of drug-likeness (QED) is 0.785. The smallest absolute Gasteiger partial charge is 0.0188 e. The van der Waals surface area contributed by atoms with Gasteiger partial charge in [-0.25, -0.2) is 0 Å². The molecule has 4 N–H and O–H groups in total. The highest BCUT2D eigenvalue weighted by atomic mass is 125. The summed E-state index contributed by atoms with van der Waals surface area (Å²) in [6.45, 7) is 1.20. The topological polar surface area (TPSA) is 52.0 Å². The van der Waals surface area contributed by atoms with Gasteiger partial charge in [0.2, 0.25) is 0 Å². The zero-order chi connectivity index (χ0) is 8.27. The lowest BCUT2D eigenvalue weighted by Gasteiger charge is -2.02. The molecule has 0 spiro atoms. The fourth-order valence-electron chi connectivity index (χ4n) is 0.883. The van der Waals surface area contributed by atoms with Gasteiger partial charge in [-0.2, -0.15) is 0 Å². The van der Waals surface area contributed by atoms with E-state index in [1.54, 1.807) is 0 Å². The molecule has 0 aliphatic rings. The highest BCUT2D eigenvalue weighted by molar-refractivity contribution is 14.1. The first kappa shape index (κ1) is 8.96. The average Bonchev–Trinajstić information content (AvgIpc) is 2.04. The minimum atomic E-state index is 0.598. The van der Waals surface area contributed by atoms with Crippen LogP contribution in [0.5, 0.6) is 0 Å². The molecule has 0 unspecified atom stereocenters. The Hall–Kier alpha value is -0.130. The number of halogens is 1. The molecule has 0 saturated heterocycles. The molecule has 0 atom stereocenters. The van der Waals surface area contributed by atoms with Crippen molar-refractivity contribution in [3.05, 3.63) is 32.9 Å². The van der Waals surface area contributed by atoms with Crippen LogP contribution in [0, 0.1) is 3.57 Å². The Kier molecular flexibility index (Phi) is 3.29. The van der Waals surface area contributed by atoms with Crippen LogP contribution in [0.15, 0.2) is 18.2 Å². The van der Waals surface area contributed by atoms with Crippen LogP contribution in [-0.4, -0.2) is 0 Å². The van der Waals surface area contributed by atoms with Gasteiger partial charge in [-0.3, -0.25) is 0 Å². The van der Waals surface area contributed by atoms with E-state index >= 15 is 0 Å². The molecule has 60 valence electrons. The fraction of sp³-hybridized carbons (Fsp3) is 0.250. The van der Waals surface area contributed by atoms with Gasteiger partial charge in [-0.05, 0) is 39.8 Å². The van der Waals surface area contributed by atoms with Crippen molar-refractivity contribution < 1.29 is 0 Å². The lowest BCUT2D eigenvalue weighted by molar-refractivity contribution is 1.03. The molecule has 1 rings (SSSR count). The third-order valence-electron chi connectivity index (χ3n) is 1.57. The summed E-state index contributed by atoms with van der Waals surface area (Å²) in [6, 6.07) is 6.12. The second kappa shape index (κ2) is 4.04. The predicted octanol–water partition coefficient (Wildman–Crippen LogP) is 1.21. The van der Waals surface area contributed by atoms with Crippen LogP contribution in [-0.2, 0) is 13.1 Å². The Morgan fingerprint density at radius 3 is 2.36 bits per heavy atom. The summed E-state index contributed by atoms with van der Waals surface area (Å²) in [6.07, 6.45) is 0.